The molecule has 0 bridgehead atoms. The molecule has 0 aliphatic heterocycles. The van der Waals surface area contributed by atoms with Crippen molar-refractivity contribution in [1.82, 2.24) is 5.43 Å². The first-order valence-corrected chi connectivity index (χ1v) is 8.56. The number of amides is 1. The number of nitrogens with zero attached hydrogens (tertiary/aromatic N) is 1. The van der Waals surface area contributed by atoms with E-state index in [1.165, 1.54) is 5.39 Å². The van der Waals surface area contributed by atoms with E-state index in [2.05, 4.69) is 34.8 Å². The maximum atomic E-state index is 12.0. The van der Waals surface area contributed by atoms with Crippen molar-refractivity contribution in [2.75, 3.05) is 6.61 Å². The van der Waals surface area contributed by atoms with Gasteiger partial charge in [0, 0.05) is 0 Å². The average Bonchev–Trinajstić information content (AvgIpc) is 2.65. The van der Waals surface area contributed by atoms with Crippen molar-refractivity contribution in [2.45, 2.75) is 20.8 Å². The highest BCUT2D eigenvalue weighted by atomic mass is 16.5. The zero-order chi connectivity index (χ0) is 18.5. The number of hydrogen-bond donors (Lipinski definition) is 1. The summed E-state index contributed by atoms with van der Waals surface area (Å²) in [7, 11) is 0. The van der Waals surface area contributed by atoms with Gasteiger partial charge in [-0.2, -0.15) is 5.10 Å². The molecule has 3 rings (SSSR count). The maximum absolute atomic E-state index is 12.0. The number of ether oxygens (including phenoxy) is 1. The number of fused-ring (bicyclic) bond motifs is 1. The minimum atomic E-state index is -0.284. The van der Waals surface area contributed by atoms with E-state index in [0.717, 1.165) is 33.5 Å². The van der Waals surface area contributed by atoms with Crippen LogP contribution < -0.4 is 10.2 Å². The second-order valence-corrected chi connectivity index (χ2v) is 6.30. The second kappa shape index (κ2) is 7.83. The van der Waals surface area contributed by atoms with Crippen LogP contribution in [0.25, 0.3) is 10.8 Å². The van der Waals surface area contributed by atoms with E-state index in [9.17, 15) is 4.79 Å². The van der Waals surface area contributed by atoms with E-state index in [1.54, 1.807) is 0 Å². The first-order valence-electron chi connectivity index (χ1n) is 8.56. The summed E-state index contributed by atoms with van der Waals surface area (Å²) in [6.45, 7) is 5.72. The summed E-state index contributed by atoms with van der Waals surface area (Å²) < 4.78 is 5.64. The minimum absolute atomic E-state index is 0.0693. The summed E-state index contributed by atoms with van der Waals surface area (Å²) in [6, 6.07) is 20.1. The van der Waals surface area contributed by atoms with Gasteiger partial charge in [0.05, 0.1) is 5.71 Å². The molecule has 0 aromatic heterocycles. The van der Waals surface area contributed by atoms with Crippen LogP contribution in [0.1, 0.15) is 23.6 Å². The Hall–Kier alpha value is -3.14. The fourth-order valence-corrected chi connectivity index (χ4v) is 2.82. The highest BCUT2D eigenvalue weighted by molar-refractivity contribution is 6.02. The lowest BCUT2D eigenvalue weighted by Gasteiger charge is -2.11. The lowest BCUT2D eigenvalue weighted by atomic mass is 10.0. The molecule has 0 spiro atoms. The van der Waals surface area contributed by atoms with Gasteiger partial charge < -0.3 is 4.74 Å². The number of aryl methyl sites for hydroxylation is 2. The lowest BCUT2D eigenvalue weighted by Crippen LogP contribution is -2.26. The van der Waals surface area contributed by atoms with Gasteiger partial charge in [-0.25, -0.2) is 5.43 Å². The van der Waals surface area contributed by atoms with Crippen molar-refractivity contribution in [1.29, 1.82) is 0 Å². The molecule has 1 N–H and O–H groups in total. The fourth-order valence-electron chi connectivity index (χ4n) is 2.82. The van der Waals surface area contributed by atoms with Crippen molar-refractivity contribution in [3.05, 3.63) is 77.4 Å². The molecule has 26 heavy (non-hydrogen) atoms. The van der Waals surface area contributed by atoms with Crippen LogP contribution >= 0.6 is 0 Å². The lowest BCUT2D eigenvalue weighted by molar-refractivity contribution is -0.123. The third-order valence-corrected chi connectivity index (χ3v) is 4.27. The zero-order valence-corrected chi connectivity index (χ0v) is 15.2. The monoisotopic (exact) mass is 346 g/mol. The maximum Gasteiger partial charge on any atom is 0.277 e. The van der Waals surface area contributed by atoms with Crippen LogP contribution in [-0.2, 0) is 4.79 Å². The minimum Gasteiger partial charge on any atom is -0.483 e. The van der Waals surface area contributed by atoms with E-state index in [4.69, 9.17) is 4.74 Å². The van der Waals surface area contributed by atoms with Crippen LogP contribution in [0.5, 0.6) is 5.75 Å². The molecule has 0 unspecified atom stereocenters. The summed E-state index contributed by atoms with van der Waals surface area (Å²) in [5.41, 5.74) is 6.30. The molecular weight excluding hydrogens is 324 g/mol. The molecule has 0 heterocycles. The number of hydrogen-bond acceptors (Lipinski definition) is 3. The second-order valence-electron chi connectivity index (χ2n) is 6.30. The molecule has 0 saturated heterocycles. The normalized spacial score (nSPS) is 11.4. The van der Waals surface area contributed by atoms with Crippen molar-refractivity contribution >= 4 is 22.4 Å². The van der Waals surface area contributed by atoms with Crippen LogP contribution in [0.3, 0.4) is 0 Å². The van der Waals surface area contributed by atoms with E-state index in [0.29, 0.717) is 0 Å². The fraction of sp³-hybridized carbons (Fsp3) is 0.182. The highest BCUT2D eigenvalue weighted by Gasteiger charge is 2.07. The van der Waals surface area contributed by atoms with E-state index in [-0.39, 0.29) is 12.5 Å². The Balaban J connectivity index is 1.63. The van der Waals surface area contributed by atoms with Gasteiger partial charge >= 0.3 is 0 Å². The van der Waals surface area contributed by atoms with Crippen molar-refractivity contribution in [3.8, 4) is 5.75 Å². The summed E-state index contributed by atoms with van der Waals surface area (Å²) >= 11 is 0. The van der Waals surface area contributed by atoms with Crippen LogP contribution in [0.4, 0.5) is 0 Å². The predicted molar refractivity (Wildman–Crippen MR) is 106 cm³/mol. The van der Waals surface area contributed by atoms with Crippen molar-refractivity contribution in [2.24, 2.45) is 5.10 Å². The number of nitrogens with one attached hydrogen (secondary N) is 1. The van der Waals surface area contributed by atoms with Gasteiger partial charge in [-0.1, -0.05) is 54.6 Å². The van der Waals surface area contributed by atoms with Crippen LogP contribution in [0, 0.1) is 13.8 Å². The molecule has 0 saturated carbocycles. The van der Waals surface area contributed by atoms with Crippen LogP contribution in [-0.4, -0.2) is 18.2 Å². The van der Waals surface area contributed by atoms with Gasteiger partial charge in [0.2, 0.25) is 0 Å². The van der Waals surface area contributed by atoms with Gasteiger partial charge in [-0.3, -0.25) is 4.79 Å². The molecule has 1 amide bonds. The number of carbonyl (C=O) groups is 1. The van der Waals surface area contributed by atoms with Crippen molar-refractivity contribution < 1.29 is 9.53 Å². The van der Waals surface area contributed by atoms with E-state index < -0.39 is 0 Å². The number of rotatable bonds is 5. The summed E-state index contributed by atoms with van der Waals surface area (Å²) in [5.74, 6) is 0.464. The van der Waals surface area contributed by atoms with E-state index >= 15 is 0 Å². The number of hydrazone groups is 1. The van der Waals surface area contributed by atoms with Gasteiger partial charge in [0.1, 0.15) is 5.75 Å². The third kappa shape index (κ3) is 4.09. The molecule has 0 radical (unpaired) electrons. The Morgan fingerprint density at radius 2 is 1.65 bits per heavy atom. The molecule has 3 aromatic carbocycles. The Kier molecular flexibility index (Phi) is 5.32. The zero-order valence-electron chi connectivity index (χ0n) is 15.2. The first-order chi connectivity index (χ1) is 12.5. The Bertz CT molecular complexity index is 957. The molecule has 132 valence electrons. The molecule has 4 nitrogen and oxygen atoms in total. The van der Waals surface area contributed by atoms with Gasteiger partial charge in [0.15, 0.2) is 6.61 Å². The predicted octanol–water partition coefficient (Wildman–Crippen LogP) is 4.38. The molecule has 0 fully saturated rings. The van der Waals surface area contributed by atoms with Crippen LogP contribution in [0.15, 0.2) is 65.8 Å². The van der Waals surface area contributed by atoms with Gasteiger partial charge in [-0.05, 0) is 54.3 Å². The van der Waals surface area contributed by atoms with E-state index in [1.807, 2.05) is 57.2 Å². The Morgan fingerprint density at radius 3 is 2.38 bits per heavy atom. The molecular formula is C22H22N2O2. The topological polar surface area (TPSA) is 50.7 Å². The summed E-state index contributed by atoms with van der Waals surface area (Å²) in [5, 5.41) is 6.51. The molecule has 3 aromatic rings. The first kappa shape index (κ1) is 17.7. The molecule has 0 atom stereocenters. The smallest absolute Gasteiger partial charge is 0.277 e. The average molecular weight is 346 g/mol. The summed E-state index contributed by atoms with van der Waals surface area (Å²) in [6.07, 6.45) is 0. The summed E-state index contributed by atoms with van der Waals surface area (Å²) in [4.78, 5) is 12.0. The van der Waals surface area contributed by atoms with Crippen molar-refractivity contribution in [3.63, 3.8) is 0 Å². The number of para-hydroxylation sites is 1. The SMILES string of the molecule is CC(=NNC(=O)COc1c(C)cccc1C)c1ccc2ccccc2c1. The van der Waals surface area contributed by atoms with Crippen LogP contribution in [0.2, 0.25) is 0 Å². The molecule has 4 heteroatoms. The Labute approximate surface area is 153 Å². The van der Waals surface area contributed by atoms with Gasteiger partial charge in [0.25, 0.3) is 5.91 Å². The highest BCUT2D eigenvalue weighted by Crippen LogP contribution is 2.22. The molecule has 0 aliphatic carbocycles. The number of benzene rings is 3. The standard InChI is InChI=1S/C22H22N2O2/c1-15-7-6-8-16(2)22(15)26-14-21(25)24-23-17(3)19-12-11-18-9-4-5-10-20(18)13-19/h4-13H,14H2,1-3H3,(H,24,25). The number of carbonyl (C=O) groups excluding carboxylic acids is 1. The quantitative estimate of drug-likeness (QED) is 0.551. The Morgan fingerprint density at radius 1 is 0.962 bits per heavy atom. The van der Waals surface area contributed by atoms with Gasteiger partial charge in [-0.15, -0.1) is 0 Å². The third-order valence-electron chi connectivity index (χ3n) is 4.27. The largest absolute Gasteiger partial charge is 0.483 e. The molecule has 0 aliphatic rings.